The largest absolute Gasteiger partial charge is 0.481 e. The average Bonchev–Trinajstić information content (AvgIpc) is 2.68. The molecule has 0 atom stereocenters. The fraction of sp³-hybridized carbons (Fsp3) is 0.789. The maximum Gasteiger partial charge on any atom is 0.332 e. The van der Waals surface area contributed by atoms with E-state index in [9.17, 15) is 14.7 Å². The molecule has 0 unspecified atom stereocenters. The summed E-state index contributed by atoms with van der Waals surface area (Å²) in [6.07, 6.45) is 0.0618. The smallest absolute Gasteiger partial charge is 0.332 e. The van der Waals surface area contributed by atoms with E-state index in [1.807, 2.05) is 0 Å². The van der Waals surface area contributed by atoms with E-state index < -0.39 is 18.4 Å². The minimum absolute atomic E-state index is 0.127. The Labute approximate surface area is 171 Å². The van der Waals surface area contributed by atoms with Crippen LogP contribution in [0.5, 0.6) is 0 Å². The van der Waals surface area contributed by atoms with Gasteiger partial charge >= 0.3 is 11.9 Å². The molecule has 0 amide bonds. The minimum atomic E-state index is -1.24. The fourth-order valence-electron chi connectivity index (χ4n) is 2.25. The maximum absolute atomic E-state index is 11.5. The van der Waals surface area contributed by atoms with Gasteiger partial charge in [-0.2, -0.15) is 0 Å². The Morgan fingerprint density at radius 2 is 1.00 bits per heavy atom. The molecule has 0 aromatic heterocycles. The molecule has 0 aliphatic rings. The molecule has 0 rings (SSSR count). The van der Waals surface area contributed by atoms with Crippen LogP contribution in [-0.4, -0.2) is 102 Å². The molecule has 0 aromatic rings. The van der Waals surface area contributed by atoms with Crippen LogP contribution in [0.15, 0.2) is 11.1 Å². The van der Waals surface area contributed by atoms with Crippen LogP contribution in [0.4, 0.5) is 0 Å². The fourth-order valence-corrected chi connectivity index (χ4v) is 2.25. The van der Waals surface area contributed by atoms with Gasteiger partial charge in [0.1, 0.15) is 0 Å². The van der Waals surface area contributed by atoms with Crippen molar-refractivity contribution in [3.8, 4) is 0 Å². The van der Waals surface area contributed by atoms with E-state index in [1.54, 1.807) is 14.2 Å². The molecule has 10 heteroatoms. The summed E-state index contributed by atoms with van der Waals surface area (Å²) in [5.74, 6) is -2.44. The monoisotopic (exact) mass is 422 g/mol. The Hall–Kier alpha value is -1.56. The summed E-state index contributed by atoms with van der Waals surface area (Å²) in [6.45, 7) is 3.98. The van der Waals surface area contributed by atoms with Crippen LogP contribution in [0.25, 0.3) is 0 Å². The van der Waals surface area contributed by atoms with E-state index in [2.05, 4.69) is 0 Å². The van der Waals surface area contributed by atoms with Crippen molar-refractivity contribution in [1.29, 1.82) is 0 Å². The van der Waals surface area contributed by atoms with Gasteiger partial charge in [0.25, 0.3) is 0 Å². The van der Waals surface area contributed by atoms with Crippen molar-refractivity contribution >= 4 is 11.9 Å². The standard InChI is InChI=1S/C19H34O10/c1-24-7-9-28-13-11-26-5-3-16(17(19(22)23)15-18(20)21)4-6-27-12-14-29-10-8-25-2/h3-15H2,1-2H3,(H,20,21)(H,22,23). The van der Waals surface area contributed by atoms with Crippen molar-refractivity contribution < 1.29 is 48.2 Å². The minimum Gasteiger partial charge on any atom is -0.481 e. The Kier molecular flexibility index (Phi) is 18.7. The first-order valence-electron chi connectivity index (χ1n) is 9.47. The number of methoxy groups -OCH3 is 2. The van der Waals surface area contributed by atoms with Gasteiger partial charge in [-0.05, 0) is 12.8 Å². The highest BCUT2D eigenvalue weighted by Crippen LogP contribution is 2.18. The highest BCUT2D eigenvalue weighted by Gasteiger charge is 2.17. The molecule has 0 saturated heterocycles. The molecule has 0 bridgehead atoms. The van der Waals surface area contributed by atoms with Crippen molar-refractivity contribution in [3.05, 3.63) is 11.1 Å². The first-order valence-corrected chi connectivity index (χ1v) is 9.47. The second-order valence-electron chi connectivity index (χ2n) is 5.89. The molecule has 0 spiro atoms. The van der Waals surface area contributed by atoms with Crippen molar-refractivity contribution in [2.45, 2.75) is 19.3 Å². The zero-order valence-corrected chi connectivity index (χ0v) is 17.4. The molecular weight excluding hydrogens is 388 g/mol. The summed E-state index contributed by atoms with van der Waals surface area (Å²) >= 11 is 0. The molecule has 0 heterocycles. The summed E-state index contributed by atoms with van der Waals surface area (Å²) in [7, 11) is 3.17. The normalized spacial score (nSPS) is 10.8. The number of carboxylic acid groups (broad SMARTS) is 2. The maximum atomic E-state index is 11.5. The number of carbonyl (C=O) groups is 2. The molecule has 0 radical (unpaired) electrons. The lowest BCUT2D eigenvalue weighted by Crippen LogP contribution is -2.14. The zero-order chi connectivity index (χ0) is 21.7. The quantitative estimate of drug-likeness (QED) is 0.204. The third-order valence-electron chi connectivity index (χ3n) is 3.72. The number of rotatable bonds is 21. The van der Waals surface area contributed by atoms with Gasteiger partial charge in [0, 0.05) is 19.8 Å². The van der Waals surface area contributed by atoms with Crippen molar-refractivity contribution in [2.75, 3.05) is 80.3 Å². The molecule has 29 heavy (non-hydrogen) atoms. The van der Waals surface area contributed by atoms with Crippen LogP contribution in [0.3, 0.4) is 0 Å². The molecule has 10 nitrogen and oxygen atoms in total. The summed E-state index contributed by atoms with van der Waals surface area (Å²) < 4.78 is 31.2. The Bertz CT molecular complexity index is 442. The third kappa shape index (κ3) is 17.0. The summed E-state index contributed by atoms with van der Waals surface area (Å²) in [6, 6.07) is 0. The Morgan fingerprint density at radius 1 is 0.621 bits per heavy atom. The van der Waals surface area contributed by atoms with Crippen LogP contribution >= 0.6 is 0 Å². The summed E-state index contributed by atoms with van der Waals surface area (Å²) in [5, 5.41) is 18.4. The molecule has 0 aliphatic carbocycles. The topological polar surface area (TPSA) is 130 Å². The van der Waals surface area contributed by atoms with Crippen molar-refractivity contribution in [3.63, 3.8) is 0 Å². The number of hydrogen-bond donors (Lipinski definition) is 2. The lowest BCUT2D eigenvalue weighted by atomic mass is 10.00. The molecule has 0 fully saturated rings. The Balaban J connectivity index is 4.40. The predicted octanol–water partition coefficient (Wildman–Crippen LogP) is 0.982. The number of carboxylic acids is 2. The van der Waals surface area contributed by atoms with Gasteiger partial charge in [0.15, 0.2) is 0 Å². The summed E-state index contributed by atoms with van der Waals surface area (Å²) in [4.78, 5) is 22.5. The molecule has 0 aliphatic heterocycles. The van der Waals surface area contributed by atoms with Gasteiger partial charge < -0.3 is 38.6 Å². The first kappa shape index (κ1) is 27.4. The number of hydrogen-bond acceptors (Lipinski definition) is 8. The molecule has 0 saturated carbocycles. The lowest BCUT2D eigenvalue weighted by molar-refractivity contribution is -0.139. The van der Waals surface area contributed by atoms with E-state index in [-0.39, 0.29) is 18.8 Å². The van der Waals surface area contributed by atoms with Crippen LogP contribution in [0.1, 0.15) is 19.3 Å². The summed E-state index contributed by atoms with van der Waals surface area (Å²) in [5.41, 5.74) is 0.373. The highest BCUT2D eigenvalue weighted by atomic mass is 16.5. The van der Waals surface area contributed by atoms with Crippen LogP contribution in [0, 0.1) is 0 Å². The SMILES string of the molecule is COCCOCCOCCC(CCOCCOCCOC)=C(CC(=O)O)C(=O)O. The average molecular weight is 422 g/mol. The van der Waals surface area contributed by atoms with E-state index >= 15 is 0 Å². The van der Waals surface area contributed by atoms with Gasteiger partial charge in [-0.25, -0.2) is 4.79 Å². The number of aliphatic carboxylic acids is 2. The zero-order valence-electron chi connectivity index (χ0n) is 17.4. The molecule has 0 aromatic carbocycles. The predicted molar refractivity (Wildman–Crippen MR) is 103 cm³/mol. The Morgan fingerprint density at radius 3 is 1.34 bits per heavy atom. The lowest BCUT2D eigenvalue weighted by Gasteiger charge is -2.13. The van der Waals surface area contributed by atoms with Crippen LogP contribution in [-0.2, 0) is 38.0 Å². The van der Waals surface area contributed by atoms with Gasteiger partial charge in [-0.3, -0.25) is 4.79 Å². The van der Waals surface area contributed by atoms with Gasteiger partial charge in [-0.15, -0.1) is 0 Å². The molecular formula is C19H34O10. The van der Waals surface area contributed by atoms with Crippen LogP contribution < -0.4 is 0 Å². The number of ether oxygens (including phenoxy) is 6. The van der Waals surface area contributed by atoms with Crippen LogP contribution in [0.2, 0.25) is 0 Å². The third-order valence-corrected chi connectivity index (χ3v) is 3.72. The van der Waals surface area contributed by atoms with Gasteiger partial charge in [0.2, 0.25) is 0 Å². The molecule has 2 N–H and O–H groups in total. The second-order valence-corrected chi connectivity index (χ2v) is 5.89. The second kappa shape index (κ2) is 19.7. The van der Waals surface area contributed by atoms with Gasteiger partial charge in [-0.1, -0.05) is 5.57 Å². The molecule has 170 valence electrons. The van der Waals surface area contributed by atoms with E-state index in [0.717, 1.165) is 0 Å². The van der Waals surface area contributed by atoms with E-state index in [1.165, 1.54) is 0 Å². The highest BCUT2D eigenvalue weighted by molar-refractivity contribution is 5.92. The van der Waals surface area contributed by atoms with Gasteiger partial charge in [0.05, 0.1) is 72.5 Å². The van der Waals surface area contributed by atoms with Crippen molar-refractivity contribution in [1.82, 2.24) is 0 Å². The van der Waals surface area contributed by atoms with E-state index in [4.69, 9.17) is 33.5 Å². The first-order chi connectivity index (χ1) is 14.0. The van der Waals surface area contributed by atoms with Crippen molar-refractivity contribution in [2.24, 2.45) is 0 Å². The van der Waals surface area contributed by atoms with E-state index in [0.29, 0.717) is 71.3 Å².